The Morgan fingerprint density at radius 3 is 2.42 bits per heavy atom. The number of amides is 1. The molecule has 0 atom stereocenters. The molecule has 2 N–H and O–H groups in total. The highest BCUT2D eigenvalue weighted by atomic mass is 16.2. The summed E-state index contributed by atoms with van der Waals surface area (Å²) >= 11 is 0. The fraction of sp³-hybridized carbons (Fsp3) is 0.200. The number of aromatic amines is 2. The number of aromatic nitrogens is 4. The first-order valence-corrected chi connectivity index (χ1v) is 10.5. The molecular weight excluding hydrogens is 386 g/mol. The van der Waals surface area contributed by atoms with Gasteiger partial charge in [-0.3, -0.25) is 9.48 Å². The summed E-state index contributed by atoms with van der Waals surface area (Å²) in [5.41, 5.74) is 5.98. The van der Waals surface area contributed by atoms with E-state index in [4.69, 9.17) is 0 Å². The van der Waals surface area contributed by atoms with Crippen molar-refractivity contribution in [3.05, 3.63) is 89.5 Å². The third-order valence-electron chi connectivity index (χ3n) is 5.88. The quantitative estimate of drug-likeness (QED) is 0.429. The van der Waals surface area contributed by atoms with E-state index in [1.165, 1.54) is 10.9 Å². The molecule has 0 aliphatic carbocycles. The summed E-state index contributed by atoms with van der Waals surface area (Å²) in [6.45, 7) is 3.10. The van der Waals surface area contributed by atoms with Crippen molar-refractivity contribution in [2.45, 2.75) is 19.9 Å². The second kappa shape index (κ2) is 7.80. The lowest BCUT2D eigenvalue weighted by Crippen LogP contribution is -2.33. The van der Waals surface area contributed by atoms with Crippen LogP contribution in [0.15, 0.2) is 67.0 Å². The molecule has 5 aromatic rings. The summed E-state index contributed by atoms with van der Waals surface area (Å²) < 4.78 is 1.86. The smallest absolute Gasteiger partial charge is 0.256 e. The number of para-hydroxylation sites is 2. The molecule has 6 nitrogen and oxygen atoms in total. The van der Waals surface area contributed by atoms with Gasteiger partial charge >= 0.3 is 0 Å². The van der Waals surface area contributed by atoms with Crippen LogP contribution in [0.2, 0.25) is 0 Å². The lowest BCUT2D eigenvalue weighted by molar-refractivity contribution is 0.0743. The van der Waals surface area contributed by atoms with Gasteiger partial charge in [0.25, 0.3) is 5.91 Å². The van der Waals surface area contributed by atoms with Gasteiger partial charge in [-0.1, -0.05) is 36.4 Å². The molecule has 3 heterocycles. The van der Waals surface area contributed by atoms with Crippen molar-refractivity contribution in [3.63, 3.8) is 0 Å². The number of benzene rings is 2. The lowest BCUT2D eigenvalue weighted by atomic mass is 10.1. The van der Waals surface area contributed by atoms with Crippen LogP contribution in [0, 0.1) is 6.92 Å². The highest BCUT2D eigenvalue weighted by Gasteiger charge is 2.21. The van der Waals surface area contributed by atoms with Crippen molar-refractivity contribution in [2.75, 3.05) is 6.54 Å². The topological polar surface area (TPSA) is 69.7 Å². The zero-order valence-electron chi connectivity index (χ0n) is 17.7. The Morgan fingerprint density at radius 2 is 1.68 bits per heavy atom. The van der Waals surface area contributed by atoms with Gasteiger partial charge in [0.1, 0.15) is 0 Å². The lowest BCUT2D eigenvalue weighted by Gasteiger charge is -2.22. The Labute approximate surface area is 180 Å². The molecule has 31 heavy (non-hydrogen) atoms. The minimum atomic E-state index is 0.0242. The first-order chi connectivity index (χ1) is 15.1. The van der Waals surface area contributed by atoms with Gasteiger partial charge in [-0.25, -0.2) is 0 Å². The number of H-pyrrole nitrogens is 2. The number of rotatable bonds is 6. The first-order valence-electron chi connectivity index (χ1n) is 10.5. The number of fused-ring (bicyclic) bond motifs is 2. The first kappa shape index (κ1) is 19.2. The van der Waals surface area contributed by atoms with Crippen LogP contribution in [0.1, 0.15) is 27.3 Å². The summed E-state index contributed by atoms with van der Waals surface area (Å²) in [5, 5.41) is 6.61. The van der Waals surface area contributed by atoms with E-state index in [0.29, 0.717) is 18.7 Å². The van der Waals surface area contributed by atoms with E-state index in [2.05, 4.69) is 27.2 Å². The number of hydrogen-bond donors (Lipinski definition) is 2. The second-order valence-electron chi connectivity index (χ2n) is 7.98. The highest BCUT2D eigenvalue weighted by molar-refractivity contribution is 6.06. The van der Waals surface area contributed by atoms with Crippen LogP contribution in [-0.2, 0) is 20.0 Å². The van der Waals surface area contributed by atoms with Crippen molar-refractivity contribution >= 4 is 27.7 Å². The summed E-state index contributed by atoms with van der Waals surface area (Å²) in [5.74, 6) is 0.0242. The molecule has 2 aromatic carbocycles. The number of nitrogens with zero attached hydrogens (tertiary/aromatic N) is 3. The third kappa shape index (κ3) is 3.61. The van der Waals surface area contributed by atoms with Crippen molar-refractivity contribution in [2.24, 2.45) is 7.05 Å². The van der Waals surface area contributed by atoms with Gasteiger partial charge in [0.2, 0.25) is 0 Å². The molecule has 0 saturated heterocycles. The van der Waals surface area contributed by atoms with E-state index in [9.17, 15) is 4.79 Å². The summed E-state index contributed by atoms with van der Waals surface area (Å²) in [6, 6.07) is 18.2. The highest BCUT2D eigenvalue weighted by Crippen LogP contribution is 2.22. The average molecular weight is 412 g/mol. The molecule has 3 aromatic heterocycles. The minimum Gasteiger partial charge on any atom is -0.361 e. The van der Waals surface area contributed by atoms with Crippen LogP contribution in [0.4, 0.5) is 0 Å². The second-order valence-corrected chi connectivity index (χ2v) is 7.98. The van der Waals surface area contributed by atoms with Gasteiger partial charge in [-0.2, -0.15) is 5.10 Å². The maximum Gasteiger partial charge on any atom is 0.256 e. The Morgan fingerprint density at radius 1 is 1.00 bits per heavy atom. The molecule has 5 rings (SSSR count). The molecule has 0 bridgehead atoms. The van der Waals surface area contributed by atoms with Crippen molar-refractivity contribution < 1.29 is 4.79 Å². The van der Waals surface area contributed by atoms with Crippen LogP contribution >= 0.6 is 0 Å². The number of aryl methyl sites for hydroxylation is 2. The van der Waals surface area contributed by atoms with E-state index in [-0.39, 0.29) is 5.91 Å². The number of carbonyl (C=O) groups is 1. The fourth-order valence-electron chi connectivity index (χ4n) is 4.27. The monoisotopic (exact) mass is 411 g/mol. The molecule has 0 unspecified atom stereocenters. The molecular formula is C25H25N5O. The van der Waals surface area contributed by atoms with Crippen LogP contribution < -0.4 is 0 Å². The molecule has 0 saturated carbocycles. The van der Waals surface area contributed by atoms with Crippen LogP contribution in [0.5, 0.6) is 0 Å². The SMILES string of the molecule is Cc1cc(CN(CCc2c[nH]c3ccccc23)C(=O)c2c[nH]c3ccccc23)n(C)n1. The molecule has 0 aliphatic rings. The molecule has 0 fully saturated rings. The van der Waals surface area contributed by atoms with Gasteiger partial charge in [-0.15, -0.1) is 0 Å². The minimum absolute atomic E-state index is 0.0242. The molecule has 0 radical (unpaired) electrons. The molecule has 1 amide bonds. The number of carbonyl (C=O) groups excluding carboxylic acids is 1. The average Bonchev–Trinajstić information content (AvgIpc) is 3.47. The van der Waals surface area contributed by atoms with Crippen molar-refractivity contribution in [1.29, 1.82) is 0 Å². The van der Waals surface area contributed by atoms with Crippen molar-refractivity contribution in [1.82, 2.24) is 24.6 Å². The third-order valence-corrected chi connectivity index (χ3v) is 5.88. The Balaban J connectivity index is 1.46. The zero-order chi connectivity index (χ0) is 21.4. The molecule has 156 valence electrons. The van der Waals surface area contributed by atoms with Gasteiger partial charge < -0.3 is 14.9 Å². The van der Waals surface area contributed by atoms with Gasteiger partial charge in [0.15, 0.2) is 0 Å². The number of nitrogens with one attached hydrogen (secondary N) is 2. The standard InChI is InChI=1S/C25H25N5O/c1-17-13-19(29(2)28-17)16-30(12-11-18-14-26-23-9-5-3-7-20(18)23)25(31)22-15-27-24-10-6-4-8-21(22)24/h3-10,13-15,26-27H,11-12,16H2,1-2H3. The van der Waals surface area contributed by atoms with Crippen LogP contribution in [-0.4, -0.2) is 37.1 Å². The van der Waals surface area contributed by atoms with Crippen LogP contribution in [0.3, 0.4) is 0 Å². The Kier molecular flexibility index (Phi) is 4.82. The van der Waals surface area contributed by atoms with Crippen molar-refractivity contribution in [3.8, 4) is 0 Å². The summed E-state index contributed by atoms with van der Waals surface area (Å²) in [7, 11) is 1.93. The zero-order valence-corrected chi connectivity index (χ0v) is 17.7. The number of hydrogen-bond acceptors (Lipinski definition) is 2. The van der Waals surface area contributed by atoms with E-state index < -0.39 is 0 Å². The maximum absolute atomic E-state index is 13.6. The predicted octanol–water partition coefficient (Wildman–Crippen LogP) is 4.58. The van der Waals surface area contributed by atoms with E-state index in [1.807, 2.05) is 78.4 Å². The molecule has 0 spiro atoms. The summed E-state index contributed by atoms with van der Waals surface area (Å²) in [6.07, 6.45) is 4.64. The maximum atomic E-state index is 13.6. The Bertz CT molecular complexity index is 1370. The molecule has 0 aliphatic heterocycles. The van der Waals surface area contributed by atoms with E-state index in [0.717, 1.165) is 34.2 Å². The van der Waals surface area contributed by atoms with Gasteiger partial charge in [0.05, 0.1) is 23.5 Å². The normalized spacial score (nSPS) is 11.4. The van der Waals surface area contributed by atoms with Gasteiger partial charge in [-0.05, 0) is 37.1 Å². The fourth-order valence-corrected chi connectivity index (χ4v) is 4.27. The Hall–Kier alpha value is -3.80. The van der Waals surface area contributed by atoms with Gasteiger partial charge in [0, 0.05) is 47.8 Å². The van der Waals surface area contributed by atoms with E-state index >= 15 is 0 Å². The largest absolute Gasteiger partial charge is 0.361 e. The predicted molar refractivity (Wildman–Crippen MR) is 123 cm³/mol. The summed E-state index contributed by atoms with van der Waals surface area (Å²) in [4.78, 5) is 22.1. The molecule has 6 heteroatoms. The van der Waals surface area contributed by atoms with E-state index in [1.54, 1.807) is 0 Å². The van der Waals surface area contributed by atoms with Crippen LogP contribution in [0.25, 0.3) is 21.8 Å².